The molecular weight excluding hydrogens is 248 g/mol. The average molecular weight is 276 g/mol. The zero-order chi connectivity index (χ0) is 14.5. The summed E-state index contributed by atoms with van der Waals surface area (Å²) in [5, 5.41) is 8.99. The molecule has 3 heteroatoms. The Labute approximate surface area is 122 Å². The number of likely N-dealkylation sites (tertiary alicyclic amines) is 1. The molecule has 1 heterocycles. The fourth-order valence-electron chi connectivity index (χ4n) is 3.28. The molecule has 112 valence electrons. The van der Waals surface area contributed by atoms with Gasteiger partial charge in [-0.2, -0.15) is 0 Å². The summed E-state index contributed by atoms with van der Waals surface area (Å²) in [4.78, 5) is 2.48. The van der Waals surface area contributed by atoms with Crippen molar-refractivity contribution in [2.75, 3.05) is 19.7 Å². The molecule has 20 heavy (non-hydrogen) atoms. The molecule has 2 rings (SSSR count). The second kappa shape index (κ2) is 7.21. The number of piperidine rings is 1. The van der Waals surface area contributed by atoms with Crippen molar-refractivity contribution in [2.24, 2.45) is 11.7 Å². The Morgan fingerprint density at radius 2 is 2.10 bits per heavy atom. The summed E-state index contributed by atoms with van der Waals surface area (Å²) >= 11 is 0. The summed E-state index contributed by atoms with van der Waals surface area (Å²) < 4.78 is 0. The van der Waals surface area contributed by atoms with Crippen molar-refractivity contribution in [2.45, 2.75) is 45.7 Å². The zero-order valence-electron chi connectivity index (χ0n) is 12.8. The fraction of sp³-hybridized carbons (Fsp3) is 0.647. The first-order valence-corrected chi connectivity index (χ1v) is 7.73. The minimum absolute atomic E-state index is 0.276. The molecule has 2 atom stereocenters. The van der Waals surface area contributed by atoms with Gasteiger partial charge in [-0.3, -0.25) is 4.90 Å². The van der Waals surface area contributed by atoms with Gasteiger partial charge in [0.05, 0.1) is 0 Å². The molecule has 0 saturated carbocycles. The number of aliphatic hydroxyl groups excluding tert-OH is 1. The van der Waals surface area contributed by atoms with Gasteiger partial charge in [0.15, 0.2) is 0 Å². The number of hydrogen-bond donors (Lipinski definition) is 2. The molecule has 3 N–H and O–H groups in total. The Morgan fingerprint density at radius 1 is 1.30 bits per heavy atom. The van der Waals surface area contributed by atoms with Crippen LogP contribution in [0.1, 0.15) is 36.0 Å². The van der Waals surface area contributed by atoms with E-state index in [9.17, 15) is 0 Å². The molecule has 1 aromatic rings. The van der Waals surface area contributed by atoms with Crippen molar-refractivity contribution in [3.8, 4) is 0 Å². The van der Waals surface area contributed by atoms with Gasteiger partial charge in [0, 0.05) is 32.3 Å². The Balaban J connectivity index is 1.98. The van der Waals surface area contributed by atoms with Crippen LogP contribution >= 0.6 is 0 Å². The van der Waals surface area contributed by atoms with E-state index >= 15 is 0 Å². The minimum Gasteiger partial charge on any atom is -0.396 e. The molecule has 3 nitrogen and oxygen atoms in total. The second-order valence-corrected chi connectivity index (χ2v) is 6.35. The number of nitrogens with zero attached hydrogens (tertiary/aromatic N) is 1. The topological polar surface area (TPSA) is 49.5 Å². The summed E-state index contributed by atoms with van der Waals surface area (Å²) in [6.07, 6.45) is 3.09. The fourth-order valence-corrected chi connectivity index (χ4v) is 3.28. The van der Waals surface area contributed by atoms with Crippen molar-refractivity contribution < 1.29 is 5.11 Å². The zero-order valence-corrected chi connectivity index (χ0v) is 12.8. The molecule has 1 aliphatic rings. The Hall–Kier alpha value is -0.900. The normalized spacial score (nSPS) is 24.0. The molecular formula is C17H28N2O. The van der Waals surface area contributed by atoms with Crippen LogP contribution in [0.25, 0.3) is 0 Å². The van der Waals surface area contributed by atoms with Crippen molar-refractivity contribution in [1.82, 2.24) is 4.90 Å². The maximum absolute atomic E-state index is 8.99. The van der Waals surface area contributed by atoms with E-state index in [1.807, 2.05) is 0 Å². The lowest BCUT2D eigenvalue weighted by Gasteiger charge is -2.36. The van der Waals surface area contributed by atoms with E-state index in [0.29, 0.717) is 12.5 Å². The third-order valence-electron chi connectivity index (χ3n) is 4.31. The maximum Gasteiger partial charge on any atom is 0.0431 e. The lowest BCUT2D eigenvalue weighted by atomic mass is 9.90. The van der Waals surface area contributed by atoms with E-state index < -0.39 is 0 Å². The lowest BCUT2D eigenvalue weighted by Crippen LogP contribution is -2.46. The molecule has 1 aliphatic heterocycles. The monoisotopic (exact) mass is 276 g/mol. The minimum atomic E-state index is 0.276. The number of rotatable bonds is 5. The molecule has 0 spiro atoms. The summed E-state index contributed by atoms with van der Waals surface area (Å²) in [5.41, 5.74) is 10.3. The van der Waals surface area contributed by atoms with Gasteiger partial charge in [-0.25, -0.2) is 0 Å². The van der Waals surface area contributed by atoms with Crippen LogP contribution < -0.4 is 5.73 Å². The van der Waals surface area contributed by atoms with Gasteiger partial charge < -0.3 is 10.8 Å². The molecule has 2 unspecified atom stereocenters. The molecule has 0 aromatic heterocycles. The second-order valence-electron chi connectivity index (χ2n) is 6.35. The van der Waals surface area contributed by atoms with Crippen LogP contribution in [-0.4, -0.2) is 35.7 Å². The highest BCUT2D eigenvalue weighted by atomic mass is 16.2. The number of hydrogen-bond acceptors (Lipinski definition) is 3. The summed E-state index contributed by atoms with van der Waals surface area (Å²) in [6, 6.07) is 6.94. The van der Waals surface area contributed by atoms with Gasteiger partial charge in [0.2, 0.25) is 0 Å². The summed E-state index contributed by atoms with van der Waals surface area (Å²) in [7, 11) is 0. The first-order valence-electron chi connectivity index (χ1n) is 7.73. The highest BCUT2D eigenvalue weighted by Crippen LogP contribution is 2.23. The maximum atomic E-state index is 8.99. The lowest BCUT2D eigenvalue weighted by molar-refractivity contribution is 0.137. The summed E-state index contributed by atoms with van der Waals surface area (Å²) in [6.45, 7) is 7.72. The number of aryl methyl sites for hydroxylation is 2. The number of benzene rings is 1. The van der Waals surface area contributed by atoms with E-state index in [1.165, 1.54) is 16.7 Å². The SMILES string of the molecule is Cc1ccc(C)c(CN2CC(N)CC(CCCO)C2)c1. The van der Waals surface area contributed by atoms with E-state index in [0.717, 1.165) is 38.9 Å². The van der Waals surface area contributed by atoms with Crippen LogP contribution in [0.3, 0.4) is 0 Å². The van der Waals surface area contributed by atoms with Gasteiger partial charge in [-0.05, 0) is 50.2 Å². The van der Waals surface area contributed by atoms with Crippen LogP contribution in [0.4, 0.5) is 0 Å². The van der Waals surface area contributed by atoms with E-state index in [4.69, 9.17) is 10.8 Å². The predicted octanol–water partition coefficient (Wildman–Crippen LogP) is 2.23. The van der Waals surface area contributed by atoms with E-state index in [2.05, 4.69) is 36.9 Å². The van der Waals surface area contributed by atoms with E-state index in [-0.39, 0.29) is 6.04 Å². The largest absolute Gasteiger partial charge is 0.396 e. The Kier molecular flexibility index (Phi) is 5.58. The van der Waals surface area contributed by atoms with Crippen molar-refractivity contribution in [3.05, 3.63) is 34.9 Å². The van der Waals surface area contributed by atoms with Gasteiger partial charge in [-0.1, -0.05) is 23.8 Å². The standard InChI is InChI=1S/C17H28N2O/c1-13-5-6-14(2)16(8-13)11-19-10-15(4-3-7-20)9-17(18)12-19/h5-6,8,15,17,20H,3-4,7,9-12,18H2,1-2H3. The molecule has 0 amide bonds. The van der Waals surface area contributed by atoms with Crippen LogP contribution in [0.5, 0.6) is 0 Å². The first-order chi connectivity index (χ1) is 9.58. The van der Waals surface area contributed by atoms with Gasteiger partial charge >= 0.3 is 0 Å². The van der Waals surface area contributed by atoms with Crippen LogP contribution in [0.2, 0.25) is 0 Å². The highest BCUT2D eigenvalue weighted by Gasteiger charge is 2.24. The van der Waals surface area contributed by atoms with Gasteiger partial charge in [0.1, 0.15) is 0 Å². The highest BCUT2D eigenvalue weighted by molar-refractivity contribution is 5.30. The van der Waals surface area contributed by atoms with E-state index in [1.54, 1.807) is 0 Å². The first kappa shape index (κ1) is 15.5. The molecule has 1 aromatic carbocycles. The quantitative estimate of drug-likeness (QED) is 0.867. The van der Waals surface area contributed by atoms with Crippen LogP contribution in [-0.2, 0) is 6.54 Å². The Bertz CT molecular complexity index is 433. The molecule has 0 bridgehead atoms. The average Bonchev–Trinajstić information content (AvgIpc) is 2.40. The number of nitrogens with two attached hydrogens (primary N) is 1. The molecule has 1 fully saturated rings. The van der Waals surface area contributed by atoms with Crippen molar-refractivity contribution in [1.29, 1.82) is 0 Å². The smallest absolute Gasteiger partial charge is 0.0431 e. The third-order valence-corrected chi connectivity index (χ3v) is 4.31. The van der Waals surface area contributed by atoms with Crippen LogP contribution in [0, 0.1) is 19.8 Å². The van der Waals surface area contributed by atoms with Crippen molar-refractivity contribution in [3.63, 3.8) is 0 Å². The van der Waals surface area contributed by atoms with Crippen molar-refractivity contribution >= 4 is 0 Å². The van der Waals surface area contributed by atoms with Gasteiger partial charge in [-0.15, -0.1) is 0 Å². The third kappa shape index (κ3) is 4.30. The molecule has 1 saturated heterocycles. The molecule has 0 radical (unpaired) electrons. The van der Waals surface area contributed by atoms with Gasteiger partial charge in [0.25, 0.3) is 0 Å². The Morgan fingerprint density at radius 3 is 2.85 bits per heavy atom. The van der Waals surface area contributed by atoms with Crippen LogP contribution in [0.15, 0.2) is 18.2 Å². The molecule has 0 aliphatic carbocycles. The predicted molar refractivity (Wildman–Crippen MR) is 83.6 cm³/mol. The number of aliphatic hydroxyl groups is 1. The summed E-state index contributed by atoms with van der Waals surface area (Å²) in [5.74, 6) is 0.635.